The van der Waals surface area contributed by atoms with Crippen molar-refractivity contribution in [1.82, 2.24) is 10.3 Å². The number of pyridine rings is 1. The van der Waals surface area contributed by atoms with E-state index in [1.165, 1.54) is 12.1 Å². The molecule has 0 bridgehead atoms. The van der Waals surface area contributed by atoms with Crippen molar-refractivity contribution in [3.05, 3.63) is 65.7 Å². The Bertz CT molecular complexity index is 590. The van der Waals surface area contributed by atoms with Gasteiger partial charge in [0.1, 0.15) is 5.82 Å². The summed E-state index contributed by atoms with van der Waals surface area (Å²) in [5, 5.41) is 3.02. The molecule has 1 aromatic heterocycles. The van der Waals surface area contributed by atoms with Crippen LogP contribution in [0.4, 0.5) is 4.39 Å². The molecule has 0 radical (unpaired) electrons. The molecule has 0 saturated heterocycles. The summed E-state index contributed by atoms with van der Waals surface area (Å²) in [5.41, 5.74) is 7.70. The van der Waals surface area contributed by atoms with E-state index in [1.54, 1.807) is 12.3 Å². The van der Waals surface area contributed by atoms with Crippen LogP contribution in [-0.4, -0.2) is 24.0 Å². The van der Waals surface area contributed by atoms with Crippen molar-refractivity contribution >= 4 is 29.9 Å². The van der Waals surface area contributed by atoms with Crippen LogP contribution in [0.25, 0.3) is 0 Å². The summed E-state index contributed by atoms with van der Waals surface area (Å²) in [7, 11) is 0. The molecule has 118 valence electrons. The van der Waals surface area contributed by atoms with Crippen LogP contribution in [0.2, 0.25) is 0 Å². The average molecular weight is 414 g/mol. The van der Waals surface area contributed by atoms with Crippen molar-refractivity contribution in [3.63, 3.8) is 0 Å². The summed E-state index contributed by atoms with van der Waals surface area (Å²) in [4.78, 5) is 8.46. The molecule has 0 spiro atoms. The number of halogens is 2. The molecule has 2 rings (SSSR count). The zero-order chi connectivity index (χ0) is 14.9. The van der Waals surface area contributed by atoms with Gasteiger partial charge in [-0.2, -0.15) is 0 Å². The predicted octanol–water partition coefficient (Wildman–Crippen LogP) is 2.53. The van der Waals surface area contributed by atoms with Crippen molar-refractivity contribution in [1.29, 1.82) is 0 Å². The standard InChI is InChI=1S/C16H19FN4.HI/c17-14-5-3-4-13(12-14)7-10-20-16(18)21-11-8-15-6-1-2-9-19-15;/h1-6,9,12H,7-8,10-11H2,(H3,18,20,21);1H. The Balaban J connectivity index is 0.00000242. The lowest BCUT2D eigenvalue weighted by atomic mass is 10.1. The number of hydrogen-bond donors (Lipinski definition) is 2. The van der Waals surface area contributed by atoms with Crippen LogP contribution < -0.4 is 11.1 Å². The molecule has 0 fully saturated rings. The number of aromatic nitrogens is 1. The van der Waals surface area contributed by atoms with Crippen LogP contribution in [0.3, 0.4) is 0 Å². The lowest BCUT2D eigenvalue weighted by Gasteiger charge is -2.06. The van der Waals surface area contributed by atoms with Gasteiger partial charge in [0, 0.05) is 31.4 Å². The third kappa shape index (κ3) is 6.84. The Labute approximate surface area is 147 Å². The number of benzene rings is 1. The number of hydrogen-bond acceptors (Lipinski definition) is 2. The number of aliphatic imine (C=N–C) groups is 1. The van der Waals surface area contributed by atoms with Gasteiger partial charge in [-0.05, 0) is 36.2 Å². The second-order valence-electron chi connectivity index (χ2n) is 4.64. The van der Waals surface area contributed by atoms with Gasteiger partial charge in [0.05, 0.1) is 0 Å². The Hall–Kier alpha value is -1.70. The Morgan fingerprint density at radius 1 is 1.18 bits per heavy atom. The molecular formula is C16H20FIN4. The highest BCUT2D eigenvalue weighted by molar-refractivity contribution is 14.0. The van der Waals surface area contributed by atoms with E-state index < -0.39 is 0 Å². The summed E-state index contributed by atoms with van der Waals surface area (Å²) in [6.07, 6.45) is 3.22. The van der Waals surface area contributed by atoms with Gasteiger partial charge in [-0.1, -0.05) is 18.2 Å². The largest absolute Gasteiger partial charge is 0.370 e. The number of nitrogens with two attached hydrogens (primary N) is 1. The zero-order valence-corrected chi connectivity index (χ0v) is 14.5. The molecule has 0 atom stereocenters. The molecule has 2 aromatic rings. The maximum absolute atomic E-state index is 13.0. The van der Waals surface area contributed by atoms with E-state index >= 15 is 0 Å². The third-order valence-electron chi connectivity index (χ3n) is 2.99. The number of nitrogens with zero attached hydrogens (tertiary/aromatic N) is 2. The lowest BCUT2D eigenvalue weighted by Crippen LogP contribution is -2.33. The topological polar surface area (TPSA) is 63.3 Å². The van der Waals surface area contributed by atoms with E-state index in [0.29, 0.717) is 25.5 Å². The van der Waals surface area contributed by atoms with Crippen molar-refractivity contribution in [2.24, 2.45) is 10.7 Å². The van der Waals surface area contributed by atoms with Crippen LogP contribution in [0, 0.1) is 5.82 Å². The fraction of sp³-hybridized carbons (Fsp3) is 0.250. The number of guanidine groups is 1. The van der Waals surface area contributed by atoms with Crippen LogP contribution in [-0.2, 0) is 12.8 Å². The molecule has 1 aromatic carbocycles. The van der Waals surface area contributed by atoms with Crippen molar-refractivity contribution in [3.8, 4) is 0 Å². The molecule has 0 saturated carbocycles. The predicted molar refractivity (Wildman–Crippen MR) is 98.0 cm³/mol. The highest BCUT2D eigenvalue weighted by Gasteiger charge is 1.97. The van der Waals surface area contributed by atoms with Gasteiger partial charge in [-0.15, -0.1) is 24.0 Å². The van der Waals surface area contributed by atoms with E-state index in [0.717, 1.165) is 17.7 Å². The fourth-order valence-electron chi connectivity index (χ4n) is 1.92. The van der Waals surface area contributed by atoms with Crippen molar-refractivity contribution in [2.75, 3.05) is 13.1 Å². The minimum absolute atomic E-state index is 0. The average Bonchev–Trinajstić information content (AvgIpc) is 2.48. The minimum Gasteiger partial charge on any atom is -0.370 e. The summed E-state index contributed by atoms with van der Waals surface area (Å²) in [5.74, 6) is 0.187. The van der Waals surface area contributed by atoms with E-state index in [1.807, 2.05) is 24.3 Å². The maximum atomic E-state index is 13.0. The van der Waals surface area contributed by atoms with Crippen LogP contribution in [0.15, 0.2) is 53.7 Å². The zero-order valence-electron chi connectivity index (χ0n) is 12.2. The normalized spacial score (nSPS) is 10.9. The van der Waals surface area contributed by atoms with E-state index in [9.17, 15) is 4.39 Å². The number of nitrogens with one attached hydrogen (secondary N) is 1. The third-order valence-corrected chi connectivity index (χ3v) is 2.99. The van der Waals surface area contributed by atoms with Gasteiger partial charge >= 0.3 is 0 Å². The summed E-state index contributed by atoms with van der Waals surface area (Å²) < 4.78 is 13.0. The Kier molecular flexibility index (Phi) is 8.42. The molecule has 22 heavy (non-hydrogen) atoms. The van der Waals surface area contributed by atoms with Crippen LogP contribution in [0.5, 0.6) is 0 Å². The van der Waals surface area contributed by atoms with Gasteiger partial charge in [0.25, 0.3) is 0 Å². The quantitative estimate of drug-likeness (QED) is 0.434. The molecule has 0 aliphatic heterocycles. The maximum Gasteiger partial charge on any atom is 0.188 e. The molecule has 0 amide bonds. The SMILES string of the molecule is I.NC(=NCCc1ccccn1)NCCc1cccc(F)c1. The second-order valence-corrected chi connectivity index (χ2v) is 4.64. The van der Waals surface area contributed by atoms with Gasteiger partial charge in [0.2, 0.25) is 0 Å². The fourth-order valence-corrected chi connectivity index (χ4v) is 1.92. The van der Waals surface area contributed by atoms with E-state index in [2.05, 4.69) is 15.3 Å². The molecule has 4 nitrogen and oxygen atoms in total. The number of rotatable bonds is 6. The van der Waals surface area contributed by atoms with Crippen molar-refractivity contribution < 1.29 is 4.39 Å². The van der Waals surface area contributed by atoms with Gasteiger partial charge < -0.3 is 11.1 Å². The van der Waals surface area contributed by atoms with Gasteiger partial charge in [-0.25, -0.2) is 4.39 Å². The molecule has 1 heterocycles. The molecule has 0 aliphatic rings. The second kappa shape index (κ2) is 10.1. The Morgan fingerprint density at radius 2 is 2.05 bits per heavy atom. The smallest absolute Gasteiger partial charge is 0.188 e. The van der Waals surface area contributed by atoms with Crippen LogP contribution >= 0.6 is 24.0 Å². The van der Waals surface area contributed by atoms with Gasteiger partial charge in [-0.3, -0.25) is 9.98 Å². The first-order valence-electron chi connectivity index (χ1n) is 6.92. The van der Waals surface area contributed by atoms with Crippen LogP contribution in [0.1, 0.15) is 11.3 Å². The monoisotopic (exact) mass is 414 g/mol. The lowest BCUT2D eigenvalue weighted by molar-refractivity contribution is 0.625. The molecule has 0 unspecified atom stereocenters. The van der Waals surface area contributed by atoms with E-state index in [4.69, 9.17) is 5.73 Å². The molecule has 0 aliphatic carbocycles. The highest BCUT2D eigenvalue weighted by atomic mass is 127. The summed E-state index contributed by atoms with van der Waals surface area (Å²) in [6.45, 7) is 1.22. The molecular weight excluding hydrogens is 394 g/mol. The first-order valence-corrected chi connectivity index (χ1v) is 6.92. The summed E-state index contributed by atoms with van der Waals surface area (Å²) in [6, 6.07) is 12.3. The molecule has 6 heteroatoms. The van der Waals surface area contributed by atoms with E-state index in [-0.39, 0.29) is 29.8 Å². The first-order chi connectivity index (χ1) is 10.2. The Morgan fingerprint density at radius 3 is 2.77 bits per heavy atom. The first kappa shape index (κ1) is 18.3. The molecule has 3 N–H and O–H groups in total. The van der Waals surface area contributed by atoms with Crippen molar-refractivity contribution in [2.45, 2.75) is 12.8 Å². The van der Waals surface area contributed by atoms with Gasteiger partial charge in [0.15, 0.2) is 5.96 Å². The highest BCUT2D eigenvalue weighted by Crippen LogP contribution is 2.03. The summed E-state index contributed by atoms with van der Waals surface area (Å²) >= 11 is 0. The minimum atomic E-state index is -0.218.